The molecule has 2 aromatic carbocycles. The quantitative estimate of drug-likeness (QED) is 0.528. The van der Waals surface area contributed by atoms with Crippen molar-refractivity contribution in [2.75, 3.05) is 0 Å². The van der Waals surface area contributed by atoms with E-state index in [-0.39, 0.29) is 42.5 Å². The number of fused-ring (bicyclic) bond motifs is 1. The molecule has 5 nitrogen and oxygen atoms in total. The molecule has 2 rings (SSSR count). The molecule has 0 aliphatic rings. The minimum atomic E-state index is -4.50. The Bertz CT molecular complexity index is 644. The number of phenols is 1. The Kier molecular flexibility index (Phi) is 4.40. The average molecular weight is 264 g/mol. The zero-order valence-electron chi connectivity index (χ0n) is 9.99. The van der Waals surface area contributed by atoms with Crippen molar-refractivity contribution in [2.24, 2.45) is 0 Å². The van der Waals surface area contributed by atoms with Crippen LogP contribution in [0.5, 0.6) is 11.5 Å². The number of phenolic OH excluding ortho intramolecular Hbond substituents is 1. The van der Waals surface area contributed by atoms with Crippen LogP contribution in [0.4, 0.5) is 0 Å². The fourth-order valence-electron chi connectivity index (χ4n) is 1.38. The van der Waals surface area contributed by atoms with Crippen molar-refractivity contribution >= 4 is 21.2 Å². The molecule has 86 valence electrons. The Balaban J connectivity index is 0.00000144. The number of hydrogen-bond donors (Lipinski definition) is 2. The van der Waals surface area contributed by atoms with Crippen LogP contribution in [0.2, 0.25) is 0 Å². The van der Waals surface area contributed by atoms with Crippen LogP contribution in [-0.2, 0) is 10.4 Å². The maximum absolute atomic E-state index is 10.5. The first-order chi connectivity index (χ1) is 7.44. The van der Waals surface area contributed by atoms with Gasteiger partial charge in [0.2, 0.25) is 0 Å². The van der Waals surface area contributed by atoms with Gasteiger partial charge in [0.25, 0.3) is 0 Å². The van der Waals surface area contributed by atoms with E-state index in [1.165, 1.54) is 24.3 Å². The normalized spacial score (nSPS) is 10.9. The summed E-state index contributed by atoms with van der Waals surface area (Å²) in [5.41, 5.74) is 0. The molecular formula is C10H9NaO5S. The van der Waals surface area contributed by atoms with Gasteiger partial charge in [-0.05, 0) is 35.0 Å². The maximum atomic E-state index is 10.5. The number of hydrogen-bond acceptors (Lipinski definition) is 4. The van der Waals surface area contributed by atoms with Gasteiger partial charge in [-0.25, -0.2) is 0 Å². The van der Waals surface area contributed by atoms with Gasteiger partial charge in [-0.2, -0.15) is 8.42 Å². The molecule has 0 atom stereocenters. The predicted molar refractivity (Wildman–Crippen MR) is 58.9 cm³/mol. The van der Waals surface area contributed by atoms with Gasteiger partial charge in [-0.3, -0.25) is 4.55 Å². The molecule has 0 heterocycles. The standard InChI is InChI=1S/C10H8O5S.Na.H/c11-9-3-1-8-6-10(15-16(12,13)14)4-2-7(8)5-9;;/h1-6,11H,(H,12,13,14);;/q;+1;-1. The first-order valence-electron chi connectivity index (χ1n) is 4.34. The van der Waals surface area contributed by atoms with E-state index in [1.807, 2.05) is 0 Å². The first kappa shape index (κ1) is 14.3. The first-order valence-corrected chi connectivity index (χ1v) is 5.70. The minimum Gasteiger partial charge on any atom is -1.00 e. The summed E-state index contributed by atoms with van der Waals surface area (Å²) in [5.74, 6) is 0.136. The number of rotatable bonds is 2. The van der Waals surface area contributed by atoms with Crippen molar-refractivity contribution in [1.82, 2.24) is 0 Å². The van der Waals surface area contributed by atoms with Crippen LogP contribution in [0.3, 0.4) is 0 Å². The smallest absolute Gasteiger partial charge is 1.00 e. The van der Waals surface area contributed by atoms with Crippen LogP contribution in [-0.4, -0.2) is 18.1 Å². The summed E-state index contributed by atoms with van der Waals surface area (Å²) >= 11 is 0. The van der Waals surface area contributed by atoms with Crippen molar-refractivity contribution in [3.05, 3.63) is 36.4 Å². The summed E-state index contributed by atoms with van der Waals surface area (Å²) in [7, 11) is -4.50. The Morgan fingerprint density at radius 2 is 1.65 bits per heavy atom. The Morgan fingerprint density at radius 3 is 2.29 bits per heavy atom. The topological polar surface area (TPSA) is 83.8 Å². The van der Waals surface area contributed by atoms with E-state index in [1.54, 1.807) is 12.1 Å². The molecule has 0 aliphatic carbocycles. The van der Waals surface area contributed by atoms with Gasteiger partial charge in [0.15, 0.2) is 0 Å². The van der Waals surface area contributed by atoms with Crippen LogP contribution in [0.15, 0.2) is 36.4 Å². The van der Waals surface area contributed by atoms with Crippen molar-refractivity contribution in [3.8, 4) is 11.5 Å². The average Bonchev–Trinajstić information content (AvgIpc) is 2.16. The molecule has 0 radical (unpaired) electrons. The van der Waals surface area contributed by atoms with Crippen molar-refractivity contribution in [1.29, 1.82) is 0 Å². The van der Waals surface area contributed by atoms with E-state index in [2.05, 4.69) is 4.18 Å². The molecule has 17 heavy (non-hydrogen) atoms. The number of aromatic hydroxyl groups is 1. The Morgan fingerprint density at radius 1 is 1.06 bits per heavy atom. The van der Waals surface area contributed by atoms with Gasteiger partial charge in [-0.1, -0.05) is 12.1 Å². The molecule has 0 saturated heterocycles. The summed E-state index contributed by atoms with van der Waals surface area (Å²) < 4.78 is 33.8. The minimum absolute atomic E-state index is 0. The van der Waals surface area contributed by atoms with Gasteiger partial charge in [0.05, 0.1) is 0 Å². The van der Waals surface area contributed by atoms with Crippen molar-refractivity contribution in [2.45, 2.75) is 0 Å². The van der Waals surface area contributed by atoms with Crippen LogP contribution in [0.25, 0.3) is 10.8 Å². The molecule has 0 aliphatic heterocycles. The van der Waals surface area contributed by atoms with Gasteiger partial charge < -0.3 is 10.7 Å². The second-order valence-electron chi connectivity index (χ2n) is 3.20. The van der Waals surface area contributed by atoms with E-state index < -0.39 is 10.4 Å². The maximum Gasteiger partial charge on any atom is 1.00 e. The molecule has 0 unspecified atom stereocenters. The van der Waals surface area contributed by atoms with Crippen LogP contribution >= 0.6 is 0 Å². The molecule has 0 saturated carbocycles. The fourth-order valence-corrected chi connectivity index (χ4v) is 1.73. The van der Waals surface area contributed by atoms with Gasteiger partial charge in [-0.15, -0.1) is 0 Å². The van der Waals surface area contributed by atoms with E-state index in [9.17, 15) is 13.5 Å². The fraction of sp³-hybridized carbons (Fsp3) is 0. The molecule has 7 heteroatoms. The van der Waals surface area contributed by atoms with Crippen LogP contribution in [0, 0.1) is 0 Å². The molecule has 2 N–H and O–H groups in total. The summed E-state index contributed by atoms with van der Waals surface area (Å²) in [6, 6.07) is 9.03. The largest absolute Gasteiger partial charge is 1.00 e. The SMILES string of the molecule is O=S(=O)(O)Oc1ccc2cc(O)ccc2c1.[H-].[Na+]. The molecule has 0 aromatic heterocycles. The summed E-state index contributed by atoms with van der Waals surface area (Å²) in [5, 5.41) is 10.7. The summed E-state index contributed by atoms with van der Waals surface area (Å²) in [6.07, 6.45) is 0. The van der Waals surface area contributed by atoms with E-state index >= 15 is 0 Å². The van der Waals surface area contributed by atoms with E-state index in [0.29, 0.717) is 5.39 Å². The third-order valence-electron chi connectivity index (χ3n) is 2.00. The third kappa shape index (κ3) is 3.86. The van der Waals surface area contributed by atoms with Crippen LogP contribution < -0.4 is 33.7 Å². The van der Waals surface area contributed by atoms with E-state index in [0.717, 1.165) is 5.39 Å². The van der Waals surface area contributed by atoms with Gasteiger partial charge >= 0.3 is 40.0 Å². The molecule has 0 spiro atoms. The van der Waals surface area contributed by atoms with Gasteiger partial charge in [0.1, 0.15) is 11.5 Å². The summed E-state index contributed by atoms with van der Waals surface area (Å²) in [6.45, 7) is 0. The third-order valence-corrected chi connectivity index (χ3v) is 2.40. The second-order valence-corrected chi connectivity index (χ2v) is 4.23. The molecule has 0 fully saturated rings. The van der Waals surface area contributed by atoms with Gasteiger partial charge in [0, 0.05) is 0 Å². The number of benzene rings is 2. The molecular weight excluding hydrogens is 255 g/mol. The molecule has 2 aromatic rings. The van der Waals surface area contributed by atoms with Crippen molar-refractivity contribution < 1.29 is 53.2 Å². The zero-order chi connectivity index (χ0) is 11.8. The van der Waals surface area contributed by atoms with E-state index in [4.69, 9.17) is 4.55 Å². The predicted octanol–water partition coefficient (Wildman–Crippen LogP) is -1.16. The Hall–Kier alpha value is -0.790. The molecule has 0 amide bonds. The van der Waals surface area contributed by atoms with Crippen molar-refractivity contribution in [3.63, 3.8) is 0 Å². The second kappa shape index (κ2) is 5.24. The Labute approximate surface area is 122 Å². The monoisotopic (exact) mass is 264 g/mol. The summed E-state index contributed by atoms with van der Waals surface area (Å²) in [4.78, 5) is 0. The van der Waals surface area contributed by atoms with Crippen LogP contribution in [0.1, 0.15) is 1.43 Å². The molecule has 0 bridgehead atoms. The zero-order valence-corrected chi connectivity index (χ0v) is 11.8.